The number of hydrogen-bond donors (Lipinski definition) is 1. The van der Waals surface area contributed by atoms with E-state index in [0.29, 0.717) is 6.04 Å². The van der Waals surface area contributed by atoms with Crippen LogP contribution in [0.3, 0.4) is 0 Å². The van der Waals surface area contributed by atoms with Gasteiger partial charge in [-0.3, -0.25) is 19.2 Å². The Labute approximate surface area is 108 Å². The fraction of sp³-hybridized carbons (Fsp3) is 0.636. The Balaban J connectivity index is 2.26. The molecule has 1 fully saturated rings. The molecule has 18 heavy (non-hydrogen) atoms. The van der Waals surface area contributed by atoms with Crippen molar-refractivity contribution in [1.82, 2.24) is 14.5 Å². The zero-order valence-electron chi connectivity index (χ0n) is 10.2. The van der Waals surface area contributed by atoms with Gasteiger partial charge in [-0.05, 0) is 26.8 Å². The minimum atomic E-state index is -1.11. The standard InChI is InChI=1S/C11H15ClFN3O2/c1-6(15(2)7-3-4-7)5-16-10(17)8(13)9(12)14-11(16)18/h6-7H,3-5H2,1-2H3,(H,14,18). The summed E-state index contributed by atoms with van der Waals surface area (Å²) in [6.07, 6.45) is 2.25. The number of H-pyrrole nitrogens is 1. The molecule has 1 atom stereocenters. The van der Waals surface area contributed by atoms with Crippen LogP contribution >= 0.6 is 11.6 Å². The van der Waals surface area contributed by atoms with E-state index < -0.39 is 22.2 Å². The van der Waals surface area contributed by atoms with Gasteiger partial charge in [0.15, 0.2) is 5.15 Å². The fourth-order valence-corrected chi connectivity index (χ4v) is 2.08. The summed E-state index contributed by atoms with van der Waals surface area (Å²) in [5, 5.41) is -0.538. The second-order valence-electron chi connectivity index (χ2n) is 4.72. The molecule has 100 valence electrons. The first kappa shape index (κ1) is 13.3. The smallest absolute Gasteiger partial charge is 0.299 e. The van der Waals surface area contributed by atoms with Crippen LogP contribution in [0.1, 0.15) is 19.8 Å². The van der Waals surface area contributed by atoms with E-state index >= 15 is 0 Å². The lowest BCUT2D eigenvalue weighted by Crippen LogP contribution is -2.44. The van der Waals surface area contributed by atoms with E-state index in [9.17, 15) is 14.0 Å². The van der Waals surface area contributed by atoms with Gasteiger partial charge >= 0.3 is 5.69 Å². The zero-order chi connectivity index (χ0) is 13.4. The minimum Gasteiger partial charge on any atom is -0.299 e. The molecule has 0 aromatic carbocycles. The van der Waals surface area contributed by atoms with E-state index in [2.05, 4.69) is 9.88 Å². The monoisotopic (exact) mass is 275 g/mol. The van der Waals surface area contributed by atoms with E-state index in [1.807, 2.05) is 14.0 Å². The van der Waals surface area contributed by atoms with Crippen molar-refractivity contribution in [3.8, 4) is 0 Å². The van der Waals surface area contributed by atoms with Gasteiger partial charge < -0.3 is 0 Å². The molecule has 1 saturated carbocycles. The molecular formula is C11H15ClFN3O2. The number of aromatic nitrogens is 2. The molecule has 0 amide bonds. The lowest BCUT2D eigenvalue weighted by Gasteiger charge is -2.24. The van der Waals surface area contributed by atoms with Crippen LogP contribution in [0.4, 0.5) is 4.39 Å². The Morgan fingerprint density at radius 3 is 2.72 bits per heavy atom. The second-order valence-corrected chi connectivity index (χ2v) is 5.10. The summed E-state index contributed by atoms with van der Waals surface area (Å²) in [5.74, 6) is -1.11. The number of halogens is 2. The van der Waals surface area contributed by atoms with Crippen molar-refractivity contribution in [2.75, 3.05) is 7.05 Å². The molecule has 5 nitrogen and oxygen atoms in total. The normalized spacial score (nSPS) is 17.2. The highest BCUT2D eigenvalue weighted by Gasteiger charge is 2.29. The molecule has 1 aromatic rings. The molecular weight excluding hydrogens is 261 g/mol. The van der Waals surface area contributed by atoms with Gasteiger partial charge in [-0.15, -0.1) is 0 Å². The maximum absolute atomic E-state index is 13.3. The third-order valence-corrected chi connectivity index (χ3v) is 3.61. The molecule has 1 unspecified atom stereocenters. The van der Waals surface area contributed by atoms with Crippen molar-refractivity contribution in [1.29, 1.82) is 0 Å². The molecule has 1 aliphatic rings. The first-order valence-corrected chi connectivity index (χ1v) is 6.19. The van der Waals surface area contributed by atoms with Gasteiger partial charge in [-0.25, -0.2) is 4.79 Å². The van der Waals surface area contributed by atoms with Gasteiger partial charge in [0.1, 0.15) is 0 Å². The van der Waals surface area contributed by atoms with E-state index in [1.54, 1.807) is 0 Å². The molecule has 7 heteroatoms. The van der Waals surface area contributed by atoms with Crippen molar-refractivity contribution in [3.63, 3.8) is 0 Å². The molecule has 0 aliphatic heterocycles. The Bertz CT molecular complexity index is 564. The predicted octanol–water partition coefficient (Wildman–Crippen LogP) is 0.812. The molecule has 0 bridgehead atoms. The van der Waals surface area contributed by atoms with Crippen LogP contribution in [-0.4, -0.2) is 33.6 Å². The number of rotatable bonds is 4. The lowest BCUT2D eigenvalue weighted by molar-refractivity contribution is 0.221. The number of aromatic amines is 1. The molecule has 1 N–H and O–H groups in total. The number of nitrogens with zero attached hydrogens (tertiary/aromatic N) is 2. The molecule has 0 saturated heterocycles. The molecule has 1 aliphatic carbocycles. The van der Waals surface area contributed by atoms with Crippen LogP contribution in [0.5, 0.6) is 0 Å². The van der Waals surface area contributed by atoms with Gasteiger partial charge in [-0.1, -0.05) is 11.6 Å². The largest absolute Gasteiger partial charge is 0.329 e. The minimum absolute atomic E-state index is 0.0168. The summed E-state index contributed by atoms with van der Waals surface area (Å²) >= 11 is 5.40. The summed E-state index contributed by atoms with van der Waals surface area (Å²) in [5.41, 5.74) is -1.65. The summed E-state index contributed by atoms with van der Waals surface area (Å²) in [7, 11) is 1.94. The summed E-state index contributed by atoms with van der Waals surface area (Å²) in [6, 6.07) is 0.490. The third-order valence-electron chi connectivity index (χ3n) is 3.35. The fourth-order valence-electron chi connectivity index (χ4n) is 1.92. The maximum atomic E-state index is 13.3. The molecule has 1 heterocycles. The Morgan fingerprint density at radius 1 is 1.56 bits per heavy atom. The highest BCUT2D eigenvalue weighted by Crippen LogP contribution is 2.27. The van der Waals surface area contributed by atoms with Crippen molar-refractivity contribution in [3.05, 3.63) is 31.8 Å². The summed E-state index contributed by atoms with van der Waals surface area (Å²) in [4.78, 5) is 27.4. The van der Waals surface area contributed by atoms with Crippen LogP contribution in [-0.2, 0) is 6.54 Å². The van der Waals surface area contributed by atoms with Gasteiger partial charge in [0.2, 0.25) is 5.82 Å². The highest BCUT2D eigenvalue weighted by atomic mass is 35.5. The molecule has 0 radical (unpaired) electrons. The van der Waals surface area contributed by atoms with E-state index in [4.69, 9.17) is 11.6 Å². The van der Waals surface area contributed by atoms with Crippen LogP contribution in [0.15, 0.2) is 9.59 Å². The number of nitrogens with one attached hydrogen (secondary N) is 1. The van der Waals surface area contributed by atoms with E-state index in [0.717, 1.165) is 17.4 Å². The van der Waals surface area contributed by atoms with Crippen molar-refractivity contribution in [2.45, 2.75) is 38.4 Å². The van der Waals surface area contributed by atoms with Crippen LogP contribution in [0, 0.1) is 5.82 Å². The Kier molecular flexibility index (Phi) is 3.59. The van der Waals surface area contributed by atoms with Gasteiger partial charge in [0.05, 0.1) is 0 Å². The molecule has 1 aromatic heterocycles. The van der Waals surface area contributed by atoms with Gasteiger partial charge in [0, 0.05) is 18.6 Å². The van der Waals surface area contributed by atoms with Crippen molar-refractivity contribution in [2.24, 2.45) is 0 Å². The Hall–Kier alpha value is -1.14. The third kappa shape index (κ3) is 2.49. The SMILES string of the molecule is CC(Cn1c(=O)[nH]c(Cl)c(F)c1=O)N(C)C1CC1. The van der Waals surface area contributed by atoms with Gasteiger partial charge in [0.25, 0.3) is 5.56 Å². The first-order valence-electron chi connectivity index (χ1n) is 5.82. The maximum Gasteiger partial charge on any atom is 0.329 e. The number of likely N-dealkylation sites (N-methyl/N-ethyl adjacent to an activating group) is 1. The lowest BCUT2D eigenvalue weighted by atomic mass is 10.3. The topological polar surface area (TPSA) is 58.1 Å². The zero-order valence-corrected chi connectivity index (χ0v) is 11.0. The van der Waals surface area contributed by atoms with E-state index in [1.165, 1.54) is 0 Å². The number of hydrogen-bond acceptors (Lipinski definition) is 3. The second kappa shape index (κ2) is 4.85. The average Bonchev–Trinajstić information content (AvgIpc) is 3.14. The van der Waals surface area contributed by atoms with Gasteiger partial charge in [-0.2, -0.15) is 4.39 Å². The highest BCUT2D eigenvalue weighted by molar-refractivity contribution is 6.29. The first-order chi connectivity index (χ1) is 8.41. The predicted molar refractivity (Wildman–Crippen MR) is 66.5 cm³/mol. The van der Waals surface area contributed by atoms with Crippen molar-refractivity contribution >= 4 is 11.6 Å². The van der Waals surface area contributed by atoms with Crippen LogP contribution < -0.4 is 11.2 Å². The average molecular weight is 276 g/mol. The molecule has 2 rings (SSSR count). The van der Waals surface area contributed by atoms with Crippen molar-refractivity contribution < 1.29 is 4.39 Å². The van der Waals surface area contributed by atoms with Crippen LogP contribution in [0.2, 0.25) is 5.15 Å². The Morgan fingerprint density at radius 2 is 2.17 bits per heavy atom. The summed E-state index contributed by atoms with van der Waals surface area (Å²) in [6.45, 7) is 2.05. The summed E-state index contributed by atoms with van der Waals surface area (Å²) < 4.78 is 14.2. The van der Waals surface area contributed by atoms with Crippen LogP contribution in [0.25, 0.3) is 0 Å². The quantitative estimate of drug-likeness (QED) is 0.828. The van der Waals surface area contributed by atoms with E-state index in [-0.39, 0.29) is 12.6 Å². The molecule has 0 spiro atoms.